The zero-order valence-electron chi connectivity index (χ0n) is 19.2. The standard InChI is InChI=1S/C24H38N4O/c1-9-27(15-13-23(3,4)5)17-20-22(24(6,7)8)25-21-16-19(12-14-28(20)21)11-10-18(2)26-29/h10-12,14,16,26,29H,2,9,13,15,17H2,1,3-8H3/b11-10+. The molecule has 0 aromatic carbocycles. The molecule has 0 aliphatic carbocycles. The van der Waals surface area contributed by atoms with Crippen molar-refractivity contribution >= 4 is 11.7 Å². The van der Waals surface area contributed by atoms with E-state index in [0.717, 1.165) is 36.5 Å². The van der Waals surface area contributed by atoms with Gasteiger partial charge in [0.05, 0.1) is 17.1 Å². The molecule has 0 unspecified atom stereocenters. The number of aromatic nitrogens is 2. The molecule has 2 aromatic rings. The zero-order chi connectivity index (χ0) is 21.8. The van der Waals surface area contributed by atoms with E-state index in [-0.39, 0.29) is 5.41 Å². The molecule has 2 heterocycles. The number of nitrogens with one attached hydrogen (secondary N) is 1. The Labute approximate surface area is 176 Å². The van der Waals surface area contributed by atoms with Crippen molar-refractivity contribution in [3.8, 4) is 0 Å². The van der Waals surface area contributed by atoms with Gasteiger partial charge >= 0.3 is 0 Å². The van der Waals surface area contributed by atoms with Gasteiger partial charge in [-0.25, -0.2) is 4.98 Å². The number of rotatable bonds is 8. The lowest BCUT2D eigenvalue weighted by Crippen LogP contribution is -2.29. The van der Waals surface area contributed by atoms with Crippen LogP contribution in [-0.2, 0) is 12.0 Å². The van der Waals surface area contributed by atoms with Gasteiger partial charge in [-0.15, -0.1) is 0 Å². The second-order valence-corrected chi connectivity index (χ2v) is 10.00. The van der Waals surface area contributed by atoms with Crippen molar-refractivity contribution in [2.24, 2.45) is 5.41 Å². The second-order valence-electron chi connectivity index (χ2n) is 10.00. The van der Waals surface area contributed by atoms with Crippen molar-refractivity contribution in [1.29, 1.82) is 0 Å². The van der Waals surface area contributed by atoms with Crippen LogP contribution in [0, 0.1) is 5.41 Å². The summed E-state index contributed by atoms with van der Waals surface area (Å²) >= 11 is 0. The number of fused-ring (bicyclic) bond motifs is 1. The highest BCUT2D eigenvalue weighted by atomic mass is 16.5. The minimum atomic E-state index is -0.0319. The van der Waals surface area contributed by atoms with E-state index in [4.69, 9.17) is 10.2 Å². The lowest BCUT2D eigenvalue weighted by molar-refractivity contribution is 0.205. The molecule has 5 heteroatoms. The second kappa shape index (κ2) is 9.14. The first-order chi connectivity index (χ1) is 13.4. The molecule has 0 spiro atoms. The fraction of sp³-hybridized carbons (Fsp3) is 0.542. The fourth-order valence-corrected chi connectivity index (χ4v) is 3.25. The van der Waals surface area contributed by atoms with E-state index < -0.39 is 0 Å². The van der Waals surface area contributed by atoms with Gasteiger partial charge in [-0.2, -0.15) is 0 Å². The third-order valence-electron chi connectivity index (χ3n) is 5.08. The number of hydrogen-bond donors (Lipinski definition) is 2. The Bertz CT molecular complexity index is 865. The molecule has 2 N–H and O–H groups in total. The maximum atomic E-state index is 8.89. The summed E-state index contributed by atoms with van der Waals surface area (Å²) in [6.07, 6.45) is 6.92. The van der Waals surface area contributed by atoms with Crippen LogP contribution in [-0.4, -0.2) is 32.6 Å². The highest BCUT2D eigenvalue weighted by Gasteiger charge is 2.25. The quantitative estimate of drug-likeness (QED) is 0.462. The molecule has 2 rings (SSSR count). The molecular formula is C24H38N4O. The molecule has 0 fully saturated rings. The van der Waals surface area contributed by atoms with E-state index in [9.17, 15) is 0 Å². The van der Waals surface area contributed by atoms with Crippen molar-refractivity contribution in [2.75, 3.05) is 13.1 Å². The predicted molar refractivity (Wildman–Crippen MR) is 122 cm³/mol. The van der Waals surface area contributed by atoms with Crippen LogP contribution < -0.4 is 5.48 Å². The lowest BCUT2D eigenvalue weighted by atomic mass is 9.90. The van der Waals surface area contributed by atoms with Crippen LogP contribution in [0.5, 0.6) is 0 Å². The van der Waals surface area contributed by atoms with Crippen molar-refractivity contribution < 1.29 is 5.21 Å². The Balaban J connectivity index is 2.41. The van der Waals surface area contributed by atoms with Crippen LogP contribution in [0.2, 0.25) is 0 Å². The van der Waals surface area contributed by atoms with Crippen LogP contribution in [0.1, 0.15) is 71.8 Å². The van der Waals surface area contributed by atoms with E-state index in [1.54, 1.807) is 6.08 Å². The molecule has 0 bridgehead atoms. The Morgan fingerprint density at radius 2 is 1.97 bits per heavy atom. The lowest BCUT2D eigenvalue weighted by Gasteiger charge is -2.27. The average molecular weight is 399 g/mol. The van der Waals surface area contributed by atoms with E-state index in [2.05, 4.69) is 82.7 Å². The summed E-state index contributed by atoms with van der Waals surface area (Å²) in [5.41, 5.74) is 7.17. The third-order valence-corrected chi connectivity index (χ3v) is 5.08. The van der Waals surface area contributed by atoms with Gasteiger partial charge in [0.1, 0.15) is 5.65 Å². The molecule has 0 saturated heterocycles. The monoisotopic (exact) mass is 398 g/mol. The summed E-state index contributed by atoms with van der Waals surface area (Å²) in [4.78, 5) is 7.51. The maximum absolute atomic E-state index is 8.89. The van der Waals surface area contributed by atoms with Gasteiger partial charge in [0.2, 0.25) is 0 Å². The third kappa shape index (κ3) is 6.44. The number of nitrogens with zero attached hydrogens (tertiary/aromatic N) is 3. The van der Waals surface area contributed by atoms with Crippen molar-refractivity contribution in [2.45, 2.75) is 66.8 Å². The summed E-state index contributed by atoms with van der Waals surface area (Å²) in [7, 11) is 0. The van der Waals surface area contributed by atoms with Gasteiger partial charge in [-0.1, -0.05) is 61.1 Å². The summed E-state index contributed by atoms with van der Waals surface area (Å²) in [5, 5.41) is 8.89. The molecule has 0 saturated carbocycles. The van der Waals surface area contributed by atoms with Gasteiger partial charge in [-0.3, -0.25) is 15.6 Å². The summed E-state index contributed by atoms with van der Waals surface area (Å²) in [6.45, 7) is 22.5. The predicted octanol–water partition coefficient (Wildman–Crippen LogP) is 5.40. The van der Waals surface area contributed by atoms with E-state index in [1.165, 1.54) is 12.1 Å². The SMILES string of the molecule is C=C(/C=C/c1ccn2c(CN(CC)CCC(C)(C)C)c(C(C)(C)C)nc2c1)NO. The summed E-state index contributed by atoms with van der Waals surface area (Å²) in [6, 6.07) is 4.14. The van der Waals surface area contributed by atoms with Crippen molar-refractivity contribution in [3.63, 3.8) is 0 Å². The Morgan fingerprint density at radius 3 is 2.52 bits per heavy atom. The number of hydroxylamine groups is 1. The highest BCUT2D eigenvalue weighted by molar-refractivity contribution is 5.59. The van der Waals surface area contributed by atoms with E-state index in [0.29, 0.717) is 11.1 Å². The normalized spacial score (nSPS) is 13.0. The van der Waals surface area contributed by atoms with Crippen LogP contribution in [0.3, 0.4) is 0 Å². The summed E-state index contributed by atoms with van der Waals surface area (Å²) in [5.74, 6) is 0. The van der Waals surface area contributed by atoms with Gasteiger partial charge in [0.25, 0.3) is 0 Å². The number of hydrogen-bond acceptors (Lipinski definition) is 4. The van der Waals surface area contributed by atoms with Crippen LogP contribution >= 0.6 is 0 Å². The molecular weight excluding hydrogens is 360 g/mol. The van der Waals surface area contributed by atoms with E-state index >= 15 is 0 Å². The zero-order valence-corrected chi connectivity index (χ0v) is 19.2. The minimum absolute atomic E-state index is 0.0319. The molecule has 0 radical (unpaired) electrons. The molecule has 0 amide bonds. The smallest absolute Gasteiger partial charge is 0.137 e. The van der Waals surface area contributed by atoms with Gasteiger partial charge < -0.3 is 4.40 Å². The number of imidazole rings is 1. The number of pyridine rings is 1. The molecule has 0 aliphatic rings. The highest BCUT2D eigenvalue weighted by Crippen LogP contribution is 2.28. The molecule has 2 aromatic heterocycles. The van der Waals surface area contributed by atoms with Crippen LogP contribution in [0.25, 0.3) is 11.7 Å². The molecule has 0 aliphatic heterocycles. The first-order valence-electron chi connectivity index (χ1n) is 10.5. The fourth-order valence-electron chi connectivity index (χ4n) is 3.25. The molecule has 5 nitrogen and oxygen atoms in total. The van der Waals surface area contributed by atoms with Gasteiger partial charge in [0, 0.05) is 18.2 Å². The maximum Gasteiger partial charge on any atom is 0.137 e. The number of allylic oxidation sites excluding steroid dienone is 1. The van der Waals surface area contributed by atoms with Crippen LogP contribution in [0.4, 0.5) is 0 Å². The topological polar surface area (TPSA) is 52.8 Å². The van der Waals surface area contributed by atoms with Crippen molar-refractivity contribution in [3.05, 3.63) is 53.6 Å². The van der Waals surface area contributed by atoms with E-state index in [1.807, 2.05) is 11.6 Å². The Hall–Kier alpha value is -2.11. The largest absolute Gasteiger partial charge is 0.302 e. The Morgan fingerprint density at radius 1 is 1.28 bits per heavy atom. The van der Waals surface area contributed by atoms with Crippen molar-refractivity contribution in [1.82, 2.24) is 19.8 Å². The molecule has 29 heavy (non-hydrogen) atoms. The van der Waals surface area contributed by atoms with Crippen LogP contribution in [0.15, 0.2) is 36.7 Å². The average Bonchev–Trinajstić information content (AvgIpc) is 3.00. The Kier molecular flexibility index (Phi) is 7.30. The molecule has 0 atom stereocenters. The first-order valence-corrected chi connectivity index (χ1v) is 10.5. The van der Waals surface area contributed by atoms with Gasteiger partial charge in [0.15, 0.2) is 0 Å². The molecule has 160 valence electrons. The van der Waals surface area contributed by atoms with Gasteiger partial charge in [-0.05, 0) is 48.7 Å². The minimum Gasteiger partial charge on any atom is -0.302 e. The first kappa shape index (κ1) is 23.2. The summed E-state index contributed by atoms with van der Waals surface area (Å²) < 4.78 is 2.22.